The molecule has 0 aromatic rings. The third kappa shape index (κ3) is 1.38. The SMILES string of the molecule is C.CN1CC2(C)CCN(C#N)CC2(C)C1=O. The lowest BCUT2D eigenvalue weighted by molar-refractivity contribution is -0.138. The minimum absolute atomic E-state index is 0. The first-order valence-corrected chi connectivity index (χ1v) is 5.33. The van der Waals surface area contributed by atoms with Gasteiger partial charge in [-0.3, -0.25) is 4.79 Å². The van der Waals surface area contributed by atoms with Gasteiger partial charge in [0.15, 0.2) is 6.19 Å². The minimum atomic E-state index is -0.379. The zero-order valence-corrected chi connectivity index (χ0v) is 9.58. The molecule has 4 heteroatoms. The molecule has 2 aliphatic rings. The van der Waals surface area contributed by atoms with Gasteiger partial charge in [0.05, 0.1) is 5.41 Å². The van der Waals surface area contributed by atoms with Crippen molar-refractivity contribution in [3.8, 4) is 6.19 Å². The molecule has 0 spiro atoms. The topological polar surface area (TPSA) is 47.3 Å². The highest BCUT2D eigenvalue weighted by Gasteiger charge is 2.59. The standard InChI is InChI=1S/C11H17N3O.CH4/c1-10-4-5-14(8-12)7-11(10,2)9(15)13(3)6-10;/h4-7H2,1-3H3;1H4. The van der Waals surface area contributed by atoms with E-state index in [-0.39, 0.29) is 24.2 Å². The van der Waals surface area contributed by atoms with Crippen LogP contribution >= 0.6 is 0 Å². The predicted molar refractivity (Wildman–Crippen MR) is 62.4 cm³/mol. The molecule has 2 aliphatic heterocycles. The van der Waals surface area contributed by atoms with Crippen molar-refractivity contribution in [1.29, 1.82) is 5.26 Å². The van der Waals surface area contributed by atoms with Crippen LogP contribution in [0.1, 0.15) is 27.7 Å². The zero-order valence-electron chi connectivity index (χ0n) is 9.58. The van der Waals surface area contributed by atoms with Gasteiger partial charge in [-0.2, -0.15) is 5.26 Å². The molecule has 0 bridgehead atoms. The highest BCUT2D eigenvalue weighted by Crippen LogP contribution is 2.51. The fourth-order valence-corrected chi connectivity index (χ4v) is 2.99. The van der Waals surface area contributed by atoms with Gasteiger partial charge in [0, 0.05) is 32.1 Å². The van der Waals surface area contributed by atoms with Gasteiger partial charge in [0.2, 0.25) is 5.91 Å². The van der Waals surface area contributed by atoms with Gasteiger partial charge in [-0.25, -0.2) is 0 Å². The number of carbonyl (C=O) groups is 1. The number of likely N-dealkylation sites (tertiary alicyclic amines) is 2. The lowest BCUT2D eigenvalue weighted by atomic mass is 9.63. The predicted octanol–water partition coefficient (Wildman–Crippen LogP) is 1.29. The third-order valence-electron chi connectivity index (χ3n) is 4.32. The van der Waals surface area contributed by atoms with Crippen molar-refractivity contribution in [2.45, 2.75) is 27.7 Å². The summed E-state index contributed by atoms with van der Waals surface area (Å²) >= 11 is 0. The number of fused-ring (bicyclic) bond motifs is 1. The summed E-state index contributed by atoms with van der Waals surface area (Å²) in [4.78, 5) is 15.6. The second-order valence-corrected chi connectivity index (χ2v) is 5.33. The Labute approximate surface area is 97.8 Å². The Morgan fingerprint density at radius 1 is 1.38 bits per heavy atom. The van der Waals surface area contributed by atoms with Crippen LogP contribution in [-0.4, -0.2) is 42.4 Å². The van der Waals surface area contributed by atoms with Gasteiger partial charge < -0.3 is 9.80 Å². The molecule has 0 radical (unpaired) electrons. The number of piperidine rings is 1. The van der Waals surface area contributed by atoms with Crippen molar-refractivity contribution in [2.24, 2.45) is 10.8 Å². The maximum Gasteiger partial charge on any atom is 0.230 e. The summed E-state index contributed by atoms with van der Waals surface area (Å²) in [5, 5.41) is 8.91. The van der Waals surface area contributed by atoms with E-state index in [1.807, 2.05) is 14.0 Å². The molecule has 0 aromatic heterocycles. The number of nitrogens with zero attached hydrogens (tertiary/aromatic N) is 3. The summed E-state index contributed by atoms with van der Waals surface area (Å²) in [6.45, 7) is 6.35. The smallest absolute Gasteiger partial charge is 0.230 e. The quantitative estimate of drug-likeness (QED) is 0.581. The van der Waals surface area contributed by atoms with Crippen molar-refractivity contribution >= 4 is 5.91 Å². The number of hydrogen-bond donors (Lipinski definition) is 0. The van der Waals surface area contributed by atoms with Crippen LogP contribution < -0.4 is 0 Å². The summed E-state index contributed by atoms with van der Waals surface area (Å²) in [6.07, 6.45) is 3.08. The molecule has 2 heterocycles. The van der Waals surface area contributed by atoms with Crippen LogP contribution in [0.5, 0.6) is 0 Å². The van der Waals surface area contributed by atoms with Crippen LogP contribution in [0.2, 0.25) is 0 Å². The van der Waals surface area contributed by atoms with Crippen molar-refractivity contribution in [2.75, 3.05) is 26.7 Å². The van der Waals surface area contributed by atoms with Crippen molar-refractivity contribution in [3.63, 3.8) is 0 Å². The first kappa shape index (κ1) is 12.8. The van der Waals surface area contributed by atoms with Crippen LogP contribution in [0.3, 0.4) is 0 Å². The van der Waals surface area contributed by atoms with Crippen molar-refractivity contribution in [1.82, 2.24) is 9.80 Å². The average molecular weight is 223 g/mol. The Kier molecular flexibility index (Phi) is 2.93. The van der Waals surface area contributed by atoms with E-state index >= 15 is 0 Å². The van der Waals surface area contributed by atoms with E-state index in [1.165, 1.54) is 0 Å². The summed E-state index contributed by atoms with van der Waals surface area (Å²) in [6, 6.07) is 0. The van der Waals surface area contributed by atoms with Crippen LogP contribution in [0, 0.1) is 22.3 Å². The fourth-order valence-electron chi connectivity index (χ4n) is 2.99. The Bertz CT molecular complexity index is 349. The third-order valence-corrected chi connectivity index (χ3v) is 4.32. The number of amides is 1. The Morgan fingerprint density at radius 2 is 2.00 bits per heavy atom. The largest absolute Gasteiger partial charge is 0.345 e. The number of hydrogen-bond acceptors (Lipinski definition) is 3. The first-order valence-electron chi connectivity index (χ1n) is 5.33. The fraction of sp³-hybridized carbons (Fsp3) is 0.833. The molecule has 2 unspecified atom stereocenters. The van der Waals surface area contributed by atoms with Crippen molar-refractivity contribution in [3.05, 3.63) is 0 Å². The highest BCUT2D eigenvalue weighted by molar-refractivity contribution is 5.86. The van der Waals surface area contributed by atoms with Crippen LogP contribution in [0.15, 0.2) is 0 Å². The maximum atomic E-state index is 12.1. The maximum absolute atomic E-state index is 12.1. The normalized spacial score (nSPS) is 37.8. The molecular formula is C12H21N3O. The molecule has 2 atom stereocenters. The zero-order chi connectivity index (χ0) is 11.3. The average Bonchev–Trinajstić information content (AvgIpc) is 2.37. The van der Waals surface area contributed by atoms with E-state index in [2.05, 4.69) is 13.1 Å². The second kappa shape index (κ2) is 3.65. The van der Waals surface area contributed by atoms with Gasteiger partial charge in [0.1, 0.15) is 0 Å². The summed E-state index contributed by atoms with van der Waals surface area (Å²) in [7, 11) is 1.86. The molecular weight excluding hydrogens is 202 g/mol. The molecule has 2 rings (SSSR count). The van der Waals surface area contributed by atoms with Gasteiger partial charge in [0.25, 0.3) is 0 Å². The number of rotatable bonds is 0. The molecule has 2 fully saturated rings. The Hall–Kier alpha value is -1.24. The lowest BCUT2D eigenvalue weighted by Gasteiger charge is -2.45. The monoisotopic (exact) mass is 223 g/mol. The van der Waals surface area contributed by atoms with E-state index in [0.29, 0.717) is 6.54 Å². The molecule has 16 heavy (non-hydrogen) atoms. The van der Waals surface area contributed by atoms with Gasteiger partial charge in [-0.15, -0.1) is 0 Å². The molecule has 90 valence electrons. The number of nitriles is 1. The molecule has 2 saturated heterocycles. The van der Waals surface area contributed by atoms with Crippen LogP contribution in [0.4, 0.5) is 0 Å². The Morgan fingerprint density at radius 3 is 2.56 bits per heavy atom. The minimum Gasteiger partial charge on any atom is -0.345 e. The van der Waals surface area contributed by atoms with Crippen molar-refractivity contribution < 1.29 is 4.79 Å². The lowest BCUT2D eigenvalue weighted by Crippen LogP contribution is -2.52. The van der Waals surface area contributed by atoms with Gasteiger partial charge >= 0.3 is 0 Å². The van der Waals surface area contributed by atoms with E-state index in [1.54, 1.807) is 9.80 Å². The Balaban J connectivity index is 0.00000128. The summed E-state index contributed by atoms with van der Waals surface area (Å²) < 4.78 is 0. The molecule has 0 saturated carbocycles. The van der Waals surface area contributed by atoms with E-state index in [4.69, 9.17) is 5.26 Å². The van der Waals surface area contributed by atoms with E-state index < -0.39 is 0 Å². The second-order valence-electron chi connectivity index (χ2n) is 5.33. The molecule has 1 amide bonds. The molecule has 4 nitrogen and oxygen atoms in total. The van der Waals surface area contributed by atoms with E-state index in [9.17, 15) is 4.79 Å². The van der Waals surface area contributed by atoms with Gasteiger partial charge in [-0.1, -0.05) is 14.4 Å². The summed E-state index contributed by atoms with van der Waals surface area (Å²) in [5.41, 5.74) is -0.345. The highest BCUT2D eigenvalue weighted by atomic mass is 16.2. The first-order chi connectivity index (χ1) is 6.93. The van der Waals surface area contributed by atoms with Crippen LogP contribution in [0.25, 0.3) is 0 Å². The van der Waals surface area contributed by atoms with Crippen LogP contribution in [-0.2, 0) is 4.79 Å². The van der Waals surface area contributed by atoms with E-state index in [0.717, 1.165) is 19.5 Å². The molecule has 0 aliphatic carbocycles. The van der Waals surface area contributed by atoms with Gasteiger partial charge in [-0.05, 0) is 13.3 Å². The molecule has 0 N–H and O–H groups in total. The molecule has 0 aromatic carbocycles. The summed E-state index contributed by atoms with van der Waals surface area (Å²) in [5.74, 6) is 0.185. The number of carbonyl (C=O) groups excluding carboxylic acids is 1.